The molecule has 12 nitrogen and oxygen atoms in total. The molecule has 1 heterocycles. The van der Waals surface area contributed by atoms with E-state index >= 15 is 0 Å². The number of rotatable bonds is 5. The standard InChI is InChI=1S/C24H16N6O6/c1-35-23(31)20-19(13-6-4-3-5-7-13)16(12-27)22(28)29(21(20)24(32)36-2)17-8-14(10-25)15(11-26)9-18(17)30(33)34/h3-9,19H,28H2,1-2H3. The summed E-state index contributed by atoms with van der Waals surface area (Å²) in [5.41, 5.74) is 3.90. The Hall–Kier alpha value is -5.67. The number of nitro benzene ring substituents is 1. The number of carbonyl (C=O) groups is 2. The minimum atomic E-state index is -1.18. The Morgan fingerprint density at radius 3 is 2.08 bits per heavy atom. The number of nitrogens with zero attached hydrogens (tertiary/aromatic N) is 5. The first-order valence-electron chi connectivity index (χ1n) is 10.0. The quantitative estimate of drug-likeness (QED) is 0.371. The number of benzene rings is 2. The van der Waals surface area contributed by atoms with Crippen LogP contribution in [0, 0.1) is 44.1 Å². The van der Waals surface area contributed by atoms with Gasteiger partial charge in [0.05, 0.1) is 53.4 Å². The van der Waals surface area contributed by atoms with Gasteiger partial charge in [-0.15, -0.1) is 0 Å². The number of allylic oxidation sites excluding steroid dienone is 1. The second-order valence-electron chi connectivity index (χ2n) is 7.20. The fraction of sp³-hybridized carbons (Fsp3) is 0.125. The molecular weight excluding hydrogens is 468 g/mol. The lowest BCUT2D eigenvalue weighted by molar-refractivity contribution is -0.384. The highest BCUT2D eigenvalue weighted by atomic mass is 16.6. The molecule has 0 amide bonds. The van der Waals surface area contributed by atoms with E-state index in [-0.39, 0.29) is 22.3 Å². The summed E-state index contributed by atoms with van der Waals surface area (Å²) >= 11 is 0. The van der Waals surface area contributed by atoms with Crippen LogP contribution in [0.3, 0.4) is 0 Å². The number of nitro groups is 1. The predicted octanol–water partition coefficient (Wildman–Crippen LogP) is 2.24. The van der Waals surface area contributed by atoms with E-state index in [1.165, 1.54) is 0 Å². The minimum absolute atomic E-state index is 0.216. The molecule has 1 unspecified atom stereocenters. The van der Waals surface area contributed by atoms with Gasteiger partial charge in [0, 0.05) is 6.07 Å². The minimum Gasteiger partial charge on any atom is -0.466 e. The van der Waals surface area contributed by atoms with Gasteiger partial charge in [0.15, 0.2) is 0 Å². The highest BCUT2D eigenvalue weighted by molar-refractivity contribution is 6.07. The molecule has 0 fully saturated rings. The van der Waals surface area contributed by atoms with Crippen molar-refractivity contribution in [2.75, 3.05) is 19.1 Å². The van der Waals surface area contributed by atoms with Crippen LogP contribution in [0.25, 0.3) is 0 Å². The molecule has 178 valence electrons. The smallest absolute Gasteiger partial charge is 0.355 e. The second-order valence-corrected chi connectivity index (χ2v) is 7.20. The van der Waals surface area contributed by atoms with E-state index in [1.807, 2.05) is 6.07 Å². The summed E-state index contributed by atoms with van der Waals surface area (Å²) < 4.78 is 9.78. The summed E-state index contributed by atoms with van der Waals surface area (Å²) in [6.07, 6.45) is 0. The zero-order chi connectivity index (χ0) is 26.6. The monoisotopic (exact) mass is 484 g/mol. The maximum Gasteiger partial charge on any atom is 0.355 e. The van der Waals surface area contributed by atoms with E-state index < -0.39 is 45.7 Å². The first kappa shape index (κ1) is 25.0. The number of methoxy groups -OCH3 is 2. The Bertz CT molecular complexity index is 1470. The van der Waals surface area contributed by atoms with Crippen LogP contribution in [0.4, 0.5) is 11.4 Å². The molecule has 0 saturated carbocycles. The predicted molar refractivity (Wildman–Crippen MR) is 122 cm³/mol. The Morgan fingerprint density at radius 1 is 1.00 bits per heavy atom. The van der Waals surface area contributed by atoms with Crippen molar-refractivity contribution in [1.29, 1.82) is 15.8 Å². The first-order chi connectivity index (χ1) is 17.2. The lowest BCUT2D eigenvalue weighted by Gasteiger charge is -2.35. The third-order valence-electron chi connectivity index (χ3n) is 5.40. The molecule has 2 aromatic carbocycles. The lowest BCUT2D eigenvalue weighted by Crippen LogP contribution is -2.41. The van der Waals surface area contributed by atoms with Crippen molar-refractivity contribution in [3.05, 3.63) is 91.9 Å². The normalized spacial score (nSPS) is 14.9. The molecule has 1 aliphatic rings. The van der Waals surface area contributed by atoms with Crippen molar-refractivity contribution < 1.29 is 24.0 Å². The van der Waals surface area contributed by atoms with Gasteiger partial charge in [0.1, 0.15) is 29.3 Å². The average Bonchev–Trinajstić information content (AvgIpc) is 2.90. The third kappa shape index (κ3) is 4.04. The number of hydrogen-bond donors (Lipinski definition) is 1. The van der Waals surface area contributed by atoms with Gasteiger partial charge >= 0.3 is 11.9 Å². The molecule has 0 radical (unpaired) electrons. The molecule has 2 N–H and O–H groups in total. The molecular formula is C24H16N6O6. The van der Waals surface area contributed by atoms with Crippen molar-refractivity contribution in [3.63, 3.8) is 0 Å². The largest absolute Gasteiger partial charge is 0.466 e. The fourth-order valence-corrected chi connectivity index (χ4v) is 3.85. The Kier molecular flexibility index (Phi) is 6.99. The lowest BCUT2D eigenvalue weighted by atomic mass is 9.80. The van der Waals surface area contributed by atoms with Gasteiger partial charge in [-0.05, 0) is 11.6 Å². The topological polar surface area (TPSA) is 196 Å². The summed E-state index contributed by atoms with van der Waals surface area (Å²) in [5.74, 6) is -3.74. The van der Waals surface area contributed by atoms with E-state index in [0.29, 0.717) is 5.56 Å². The van der Waals surface area contributed by atoms with Crippen molar-refractivity contribution in [2.45, 2.75) is 5.92 Å². The number of carbonyl (C=O) groups excluding carboxylic acids is 2. The zero-order valence-electron chi connectivity index (χ0n) is 18.9. The highest BCUT2D eigenvalue weighted by Crippen LogP contribution is 2.45. The van der Waals surface area contributed by atoms with E-state index in [9.17, 15) is 35.5 Å². The van der Waals surface area contributed by atoms with E-state index in [2.05, 4.69) is 0 Å². The van der Waals surface area contributed by atoms with Crippen molar-refractivity contribution >= 4 is 23.3 Å². The molecule has 0 bridgehead atoms. The van der Waals surface area contributed by atoms with E-state index in [1.54, 1.807) is 42.5 Å². The fourth-order valence-electron chi connectivity index (χ4n) is 3.85. The van der Waals surface area contributed by atoms with Crippen LogP contribution in [0.2, 0.25) is 0 Å². The number of esters is 2. The van der Waals surface area contributed by atoms with Crippen LogP contribution in [0.15, 0.2) is 65.1 Å². The number of nitriles is 3. The van der Waals surface area contributed by atoms with Crippen LogP contribution >= 0.6 is 0 Å². The van der Waals surface area contributed by atoms with Crippen LogP contribution in [-0.4, -0.2) is 31.1 Å². The molecule has 0 aliphatic carbocycles. The molecule has 2 aromatic rings. The molecule has 36 heavy (non-hydrogen) atoms. The van der Waals surface area contributed by atoms with Gasteiger partial charge in [-0.3, -0.25) is 15.0 Å². The number of hydrogen-bond acceptors (Lipinski definition) is 11. The van der Waals surface area contributed by atoms with Gasteiger partial charge in [-0.25, -0.2) is 9.59 Å². The summed E-state index contributed by atoms with van der Waals surface area (Å²) in [7, 11) is 2.08. The Balaban J connectivity index is 2.55. The average molecular weight is 484 g/mol. The van der Waals surface area contributed by atoms with Crippen molar-refractivity contribution in [3.8, 4) is 18.2 Å². The molecule has 1 atom stereocenters. The number of nitrogens with two attached hydrogens (primary N) is 1. The summed E-state index contributed by atoms with van der Waals surface area (Å²) in [4.78, 5) is 38.0. The number of ether oxygens (including phenoxy) is 2. The van der Waals surface area contributed by atoms with Crippen LogP contribution in [0.5, 0.6) is 0 Å². The van der Waals surface area contributed by atoms with Gasteiger partial charge in [-0.1, -0.05) is 30.3 Å². The SMILES string of the molecule is COC(=O)C1=C(C(=O)OC)N(c2cc(C#N)c(C#N)cc2[N+](=O)[O-])C(N)=C(C#N)C1c1ccccc1. The van der Waals surface area contributed by atoms with Gasteiger partial charge in [-0.2, -0.15) is 15.8 Å². The zero-order valence-corrected chi connectivity index (χ0v) is 18.9. The van der Waals surface area contributed by atoms with E-state index in [0.717, 1.165) is 31.3 Å². The molecule has 0 spiro atoms. The highest BCUT2D eigenvalue weighted by Gasteiger charge is 2.44. The molecule has 12 heteroatoms. The van der Waals surface area contributed by atoms with Crippen LogP contribution < -0.4 is 10.6 Å². The Morgan fingerprint density at radius 2 is 1.58 bits per heavy atom. The molecule has 0 saturated heterocycles. The van der Waals surface area contributed by atoms with Gasteiger partial charge < -0.3 is 15.2 Å². The van der Waals surface area contributed by atoms with Gasteiger partial charge in [0.2, 0.25) is 0 Å². The summed E-state index contributed by atoms with van der Waals surface area (Å²) in [6.45, 7) is 0. The third-order valence-corrected chi connectivity index (χ3v) is 5.40. The van der Waals surface area contributed by atoms with Crippen molar-refractivity contribution in [2.24, 2.45) is 5.73 Å². The Labute approximate surface area is 204 Å². The van der Waals surface area contributed by atoms with Crippen LogP contribution in [0.1, 0.15) is 22.6 Å². The molecule has 1 aliphatic heterocycles. The number of anilines is 1. The maximum absolute atomic E-state index is 13.1. The second kappa shape index (κ2) is 10.1. The summed E-state index contributed by atoms with van der Waals surface area (Å²) in [5, 5.41) is 40.8. The molecule has 3 rings (SSSR count). The molecule has 0 aromatic heterocycles. The van der Waals surface area contributed by atoms with Crippen molar-refractivity contribution in [1.82, 2.24) is 0 Å². The van der Waals surface area contributed by atoms with E-state index in [4.69, 9.17) is 15.2 Å². The first-order valence-corrected chi connectivity index (χ1v) is 10.0. The van der Waals surface area contributed by atoms with Crippen LogP contribution in [-0.2, 0) is 19.1 Å². The summed E-state index contributed by atoms with van der Waals surface area (Å²) in [6, 6.07) is 15.4. The van der Waals surface area contributed by atoms with Gasteiger partial charge in [0.25, 0.3) is 5.69 Å². The maximum atomic E-state index is 13.1.